The molecule has 0 unspecified atom stereocenters. The van der Waals surface area contributed by atoms with E-state index < -0.39 is 0 Å². The lowest BCUT2D eigenvalue weighted by atomic mass is 10.2. The maximum absolute atomic E-state index is 6.12. The van der Waals surface area contributed by atoms with Gasteiger partial charge in [0.2, 0.25) is 0 Å². The zero-order valence-corrected chi connectivity index (χ0v) is 13.3. The Morgan fingerprint density at radius 2 is 1.95 bits per heavy atom. The van der Waals surface area contributed by atoms with Gasteiger partial charge in [0.05, 0.1) is 11.6 Å². The summed E-state index contributed by atoms with van der Waals surface area (Å²) in [6.07, 6.45) is 0. The lowest BCUT2D eigenvalue weighted by Crippen LogP contribution is -2.00. The van der Waals surface area contributed by atoms with Crippen LogP contribution in [0.2, 0.25) is 10.0 Å². The summed E-state index contributed by atoms with van der Waals surface area (Å²) in [7, 11) is 1.64. The molecule has 0 aliphatic heterocycles. The van der Waals surface area contributed by atoms with E-state index >= 15 is 0 Å². The molecular formula is C14H12BrCl2NO. The van der Waals surface area contributed by atoms with Crippen LogP contribution in [-0.4, -0.2) is 7.11 Å². The molecule has 0 bridgehead atoms. The number of methoxy groups -OCH3 is 1. The van der Waals surface area contributed by atoms with E-state index in [1.54, 1.807) is 13.2 Å². The molecule has 19 heavy (non-hydrogen) atoms. The van der Waals surface area contributed by atoms with Crippen LogP contribution in [0.4, 0.5) is 5.69 Å². The predicted octanol–water partition coefficient (Wildman–Crippen LogP) is 5.38. The first kappa shape index (κ1) is 14.5. The van der Waals surface area contributed by atoms with Crippen molar-refractivity contribution in [2.24, 2.45) is 0 Å². The Labute approximate surface area is 130 Å². The zero-order valence-electron chi connectivity index (χ0n) is 10.2. The van der Waals surface area contributed by atoms with Crippen molar-refractivity contribution in [3.8, 4) is 5.75 Å². The van der Waals surface area contributed by atoms with E-state index in [0.29, 0.717) is 16.6 Å². The molecule has 0 spiro atoms. The molecule has 2 aromatic rings. The van der Waals surface area contributed by atoms with Crippen LogP contribution < -0.4 is 10.1 Å². The first-order valence-electron chi connectivity index (χ1n) is 5.61. The third-order valence-corrected chi connectivity index (χ3v) is 3.89. The smallest absolute Gasteiger partial charge is 0.135 e. The lowest BCUT2D eigenvalue weighted by molar-refractivity contribution is 0.412. The molecule has 0 aliphatic carbocycles. The van der Waals surface area contributed by atoms with E-state index in [2.05, 4.69) is 21.2 Å². The molecule has 0 fully saturated rings. The van der Waals surface area contributed by atoms with E-state index in [4.69, 9.17) is 27.9 Å². The van der Waals surface area contributed by atoms with Gasteiger partial charge in [0.25, 0.3) is 0 Å². The van der Waals surface area contributed by atoms with Crippen molar-refractivity contribution in [2.45, 2.75) is 6.54 Å². The molecule has 0 heterocycles. The molecule has 0 atom stereocenters. The minimum atomic E-state index is 0.626. The van der Waals surface area contributed by atoms with Crippen molar-refractivity contribution >= 4 is 44.8 Å². The maximum atomic E-state index is 6.12. The molecule has 0 aliphatic rings. The van der Waals surface area contributed by atoms with Crippen molar-refractivity contribution < 1.29 is 4.74 Å². The first-order valence-corrected chi connectivity index (χ1v) is 7.16. The largest absolute Gasteiger partial charge is 0.495 e. The standard InChI is InChI=1S/C14H12BrCl2NO/c1-19-14-7-11(4-5-12(14)15)18-8-9-2-3-10(16)6-13(9)17/h2-7,18H,8H2,1H3. The summed E-state index contributed by atoms with van der Waals surface area (Å²) in [4.78, 5) is 0. The van der Waals surface area contributed by atoms with Crippen molar-refractivity contribution in [2.75, 3.05) is 12.4 Å². The Bertz CT molecular complexity index is 590. The molecule has 0 amide bonds. The Kier molecular flexibility index (Phi) is 4.97. The van der Waals surface area contributed by atoms with E-state index in [1.165, 1.54) is 0 Å². The predicted molar refractivity (Wildman–Crippen MR) is 84.5 cm³/mol. The lowest BCUT2D eigenvalue weighted by Gasteiger charge is -2.10. The summed E-state index contributed by atoms with van der Waals surface area (Å²) < 4.78 is 6.17. The third-order valence-electron chi connectivity index (χ3n) is 2.65. The molecule has 2 nitrogen and oxygen atoms in total. The number of hydrogen-bond donors (Lipinski definition) is 1. The second-order valence-corrected chi connectivity index (χ2v) is 5.64. The van der Waals surface area contributed by atoms with Crippen LogP contribution in [0.25, 0.3) is 0 Å². The highest BCUT2D eigenvalue weighted by molar-refractivity contribution is 9.10. The SMILES string of the molecule is COc1cc(NCc2ccc(Cl)cc2Cl)ccc1Br. The zero-order chi connectivity index (χ0) is 13.8. The fourth-order valence-corrected chi connectivity index (χ4v) is 2.52. The van der Waals surface area contributed by atoms with Gasteiger partial charge in [0.15, 0.2) is 0 Å². The molecule has 1 N–H and O–H groups in total. The van der Waals surface area contributed by atoms with Gasteiger partial charge in [0, 0.05) is 28.3 Å². The summed E-state index contributed by atoms with van der Waals surface area (Å²) in [5, 5.41) is 4.59. The van der Waals surface area contributed by atoms with Crippen molar-refractivity contribution in [1.29, 1.82) is 0 Å². The normalized spacial score (nSPS) is 10.3. The van der Waals surface area contributed by atoms with Crippen LogP contribution >= 0.6 is 39.1 Å². The fourth-order valence-electron chi connectivity index (χ4n) is 1.63. The molecule has 2 aromatic carbocycles. The minimum Gasteiger partial charge on any atom is -0.495 e. The Hall–Kier alpha value is -0.900. The number of anilines is 1. The third kappa shape index (κ3) is 3.78. The highest BCUT2D eigenvalue weighted by Crippen LogP contribution is 2.28. The Morgan fingerprint density at radius 1 is 1.16 bits per heavy atom. The summed E-state index contributed by atoms with van der Waals surface area (Å²) in [5.41, 5.74) is 1.96. The Morgan fingerprint density at radius 3 is 2.63 bits per heavy atom. The van der Waals surface area contributed by atoms with Crippen LogP contribution in [0, 0.1) is 0 Å². The summed E-state index contributed by atoms with van der Waals surface area (Å²) in [6.45, 7) is 0.626. The quantitative estimate of drug-likeness (QED) is 0.790. The van der Waals surface area contributed by atoms with Crippen molar-refractivity contribution in [3.63, 3.8) is 0 Å². The molecule has 100 valence electrons. The number of ether oxygens (including phenoxy) is 1. The van der Waals surface area contributed by atoms with Crippen LogP contribution in [0.1, 0.15) is 5.56 Å². The van der Waals surface area contributed by atoms with Crippen molar-refractivity contribution in [3.05, 3.63) is 56.5 Å². The van der Waals surface area contributed by atoms with Gasteiger partial charge in [-0.2, -0.15) is 0 Å². The van der Waals surface area contributed by atoms with Gasteiger partial charge in [-0.3, -0.25) is 0 Å². The van der Waals surface area contributed by atoms with Gasteiger partial charge < -0.3 is 10.1 Å². The number of rotatable bonds is 4. The van der Waals surface area contributed by atoms with Gasteiger partial charge in [-0.15, -0.1) is 0 Å². The van der Waals surface area contributed by atoms with Gasteiger partial charge >= 0.3 is 0 Å². The van der Waals surface area contributed by atoms with Gasteiger partial charge in [0.1, 0.15) is 5.75 Å². The monoisotopic (exact) mass is 359 g/mol. The molecule has 0 saturated heterocycles. The topological polar surface area (TPSA) is 21.3 Å². The van der Waals surface area contributed by atoms with Crippen LogP contribution in [0.3, 0.4) is 0 Å². The Balaban J connectivity index is 2.10. The summed E-state index contributed by atoms with van der Waals surface area (Å²) in [5.74, 6) is 0.784. The van der Waals surface area contributed by atoms with Crippen molar-refractivity contribution in [1.82, 2.24) is 0 Å². The highest BCUT2D eigenvalue weighted by atomic mass is 79.9. The first-order chi connectivity index (χ1) is 9.10. The average molecular weight is 361 g/mol. The second kappa shape index (κ2) is 6.51. The van der Waals surface area contributed by atoms with Crippen LogP contribution in [0.15, 0.2) is 40.9 Å². The van der Waals surface area contributed by atoms with E-state index in [-0.39, 0.29) is 0 Å². The van der Waals surface area contributed by atoms with Gasteiger partial charge in [-0.05, 0) is 45.8 Å². The average Bonchev–Trinajstić information content (AvgIpc) is 2.39. The molecule has 0 radical (unpaired) electrons. The number of hydrogen-bond acceptors (Lipinski definition) is 2. The molecule has 0 saturated carbocycles. The highest BCUT2D eigenvalue weighted by Gasteiger charge is 2.04. The molecular weight excluding hydrogens is 349 g/mol. The second-order valence-electron chi connectivity index (χ2n) is 3.94. The molecule has 2 rings (SSSR count). The van der Waals surface area contributed by atoms with E-state index in [0.717, 1.165) is 21.5 Å². The van der Waals surface area contributed by atoms with Gasteiger partial charge in [-0.1, -0.05) is 29.3 Å². The number of nitrogens with one attached hydrogen (secondary N) is 1. The van der Waals surface area contributed by atoms with Gasteiger partial charge in [-0.25, -0.2) is 0 Å². The molecule has 5 heteroatoms. The summed E-state index contributed by atoms with van der Waals surface area (Å²) in [6, 6.07) is 11.3. The van der Waals surface area contributed by atoms with Crippen LogP contribution in [0.5, 0.6) is 5.75 Å². The fraction of sp³-hybridized carbons (Fsp3) is 0.143. The van der Waals surface area contributed by atoms with E-state index in [9.17, 15) is 0 Å². The number of benzene rings is 2. The van der Waals surface area contributed by atoms with E-state index in [1.807, 2.05) is 30.3 Å². The maximum Gasteiger partial charge on any atom is 0.135 e. The number of halogens is 3. The molecule has 0 aromatic heterocycles. The van der Waals surface area contributed by atoms with Crippen LogP contribution in [-0.2, 0) is 6.54 Å². The minimum absolute atomic E-state index is 0.626. The summed E-state index contributed by atoms with van der Waals surface area (Å²) >= 11 is 15.4.